The zero-order valence-electron chi connectivity index (χ0n) is 16.0. The summed E-state index contributed by atoms with van der Waals surface area (Å²) in [6.45, 7) is 4.60. The highest BCUT2D eigenvalue weighted by molar-refractivity contribution is 5.81. The van der Waals surface area contributed by atoms with Crippen molar-refractivity contribution in [1.29, 1.82) is 0 Å². The van der Waals surface area contributed by atoms with Gasteiger partial charge in [-0.25, -0.2) is 9.59 Å². The van der Waals surface area contributed by atoms with Crippen LogP contribution in [0.15, 0.2) is 0 Å². The van der Waals surface area contributed by atoms with Crippen molar-refractivity contribution in [3.63, 3.8) is 0 Å². The van der Waals surface area contributed by atoms with Crippen molar-refractivity contribution in [3.8, 4) is 12.3 Å². The SMILES string of the molecule is C#CCOC(=O)NC(CCCCCC)C(=O)OCCCCCCCC. The minimum atomic E-state index is -0.671. The van der Waals surface area contributed by atoms with Crippen molar-refractivity contribution in [1.82, 2.24) is 5.32 Å². The molecule has 0 rings (SSSR count). The molecule has 0 heterocycles. The summed E-state index contributed by atoms with van der Waals surface area (Å²) in [6.07, 6.45) is 15.9. The second kappa shape index (κ2) is 17.1. The Labute approximate surface area is 153 Å². The number of hydrogen-bond acceptors (Lipinski definition) is 4. The Bertz CT molecular complexity index is 390. The van der Waals surface area contributed by atoms with E-state index in [1.165, 1.54) is 25.7 Å². The van der Waals surface area contributed by atoms with E-state index in [-0.39, 0.29) is 12.6 Å². The van der Waals surface area contributed by atoms with E-state index in [0.717, 1.165) is 38.5 Å². The molecule has 0 aromatic rings. The molecule has 1 N–H and O–H groups in total. The average Bonchev–Trinajstić information content (AvgIpc) is 2.61. The summed E-state index contributed by atoms with van der Waals surface area (Å²) >= 11 is 0. The van der Waals surface area contributed by atoms with Crippen LogP contribution in [0.3, 0.4) is 0 Å². The lowest BCUT2D eigenvalue weighted by Gasteiger charge is -2.17. The van der Waals surface area contributed by atoms with E-state index in [9.17, 15) is 9.59 Å². The van der Waals surface area contributed by atoms with Gasteiger partial charge in [0.05, 0.1) is 6.61 Å². The lowest BCUT2D eigenvalue weighted by Crippen LogP contribution is -2.42. The second-order valence-electron chi connectivity index (χ2n) is 6.26. The van der Waals surface area contributed by atoms with E-state index in [4.69, 9.17) is 15.9 Å². The fourth-order valence-electron chi connectivity index (χ4n) is 2.47. The Hall–Kier alpha value is -1.70. The van der Waals surface area contributed by atoms with Crippen LogP contribution in [0, 0.1) is 12.3 Å². The first-order chi connectivity index (χ1) is 12.2. The van der Waals surface area contributed by atoms with Gasteiger partial charge in [0.25, 0.3) is 0 Å². The highest BCUT2D eigenvalue weighted by Crippen LogP contribution is 2.09. The summed E-state index contributed by atoms with van der Waals surface area (Å²) in [7, 11) is 0. The molecule has 25 heavy (non-hydrogen) atoms. The van der Waals surface area contributed by atoms with E-state index in [2.05, 4.69) is 25.1 Å². The van der Waals surface area contributed by atoms with E-state index in [0.29, 0.717) is 13.0 Å². The molecular formula is C20H35NO4. The fourth-order valence-corrected chi connectivity index (χ4v) is 2.47. The normalized spacial score (nSPS) is 11.4. The van der Waals surface area contributed by atoms with Gasteiger partial charge in [0, 0.05) is 0 Å². The lowest BCUT2D eigenvalue weighted by atomic mass is 10.1. The van der Waals surface area contributed by atoms with Crippen molar-refractivity contribution in [3.05, 3.63) is 0 Å². The van der Waals surface area contributed by atoms with Crippen molar-refractivity contribution >= 4 is 12.1 Å². The molecule has 1 amide bonds. The minimum Gasteiger partial charge on any atom is -0.464 e. The van der Waals surface area contributed by atoms with Crippen LogP contribution in [0.1, 0.15) is 84.5 Å². The highest BCUT2D eigenvalue weighted by atomic mass is 16.6. The van der Waals surface area contributed by atoms with Crippen LogP contribution in [-0.4, -0.2) is 31.3 Å². The number of rotatable bonds is 15. The van der Waals surface area contributed by atoms with Gasteiger partial charge in [-0.2, -0.15) is 0 Å². The summed E-state index contributed by atoms with van der Waals surface area (Å²) in [4.78, 5) is 23.9. The zero-order valence-corrected chi connectivity index (χ0v) is 16.0. The van der Waals surface area contributed by atoms with Crippen LogP contribution < -0.4 is 5.32 Å². The van der Waals surface area contributed by atoms with Crippen molar-refractivity contribution in [2.75, 3.05) is 13.2 Å². The third-order valence-electron chi connectivity index (χ3n) is 3.95. The molecule has 0 aliphatic carbocycles. The summed E-state index contributed by atoms with van der Waals surface area (Å²) in [5, 5.41) is 2.57. The minimum absolute atomic E-state index is 0.110. The zero-order chi connectivity index (χ0) is 18.8. The van der Waals surface area contributed by atoms with Crippen molar-refractivity contribution in [2.24, 2.45) is 0 Å². The molecule has 5 heteroatoms. The maximum Gasteiger partial charge on any atom is 0.408 e. The molecule has 0 aliphatic rings. The first-order valence-corrected chi connectivity index (χ1v) is 9.69. The van der Waals surface area contributed by atoms with Gasteiger partial charge in [-0.3, -0.25) is 0 Å². The van der Waals surface area contributed by atoms with Gasteiger partial charge in [0.15, 0.2) is 6.61 Å². The van der Waals surface area contributed by atoms with E-state index >= 15 is 0 Å². The van der Waals surface area contributed by atoms with Crippen molar-refractivity contribution < 1.29 is 19.1 Å². The second-order valence-corrected chi connectivity index (χ2v) is 6.26. The van der Waals surface area contributed by atoms with E-state index in [1.807, 2.05) is 0 Å². The van der Waals surface area contributed by atoms with Gasteiger partial charge in [-0.05, 0) is 12.8 Å². The summed E-state index contributed by atoms with van der Waals surface area (Å²) in [5.41, 5.74) is 0. The van der Waals surface area contributed by atoms with Crippen LogP contribution in [0.25, 0.3) is 0 Å². The Balaban J connectivity index is 4.16. The van der Waals surface area contributed by atoms with Gasteiger partial charge in [0.1, 0.15) is 6.04 Å². The van der Waals surface area contributed by atoms with E-state index < -0.39 is 12.1 Å². The maximum absolute atomic E-state index is 12.2. The number of hydrogen-bond donors (Lipinski definition) is 1. The molecule has 0 spiro atoms. The number of alkyl carbamates (subject to hydrolysis) is 1. The van der Waals surface area contributed by atoms with Gasteiger partial charge < -0.3 is 14.8 Å². The summed E-state index contributed by atoms with van der Waals surface area (Å²) < 4.78 is 10.1. The van der Waals surface area contributed by atoms with Crippen LogP contribution in [-0.2, 0) is 14.3 Å². The number of amides is 1. The smallest absolute Gasteiger partial charge is 0.408 e. The molecular weight excluding hydrogens is 318 g/mol. The molecule has 0 fully saturated rings. The third-order valence-corrected chi connectivity index (χ3v) is 3.95. The topological polar surface area (TPSA) is 64.6 Å². The molecule has 0 radical (unpaired) electrons. The molecule has 5 nitrogen and oxygen atoms in total. The average molecular weight is 354 g/mol. The number of nitrogens with one attached hydrogen (secondary N) is 1. The molecule has 0 aliphatic heterocycles. The summed E-state index contributed by atoms with van der Waals surface area (Å²) in [6, 6.07) is -0.665. The predicted molar refractivity (Wildman–Crippen MR) is 100 cm³/mol. The molecule has 0 bridgehead atoms. The molecule has 0 aromatic carbocycles. The Morgan fingerprint density at radius 1 is 0.920 bits per heavy atom. The fraction of sp³-hybridized carbons (Fsp3) is 0.800. The largest absolute Gasteiger partial charge is 0.464 e. The lowest BCUT2D eigenvalue weighted by molar-refractivity contribution is -0.146. The van der Waals surface area contributed by atoms with Gasteiger partial charge in [0.2, 0.25) is 0 Å². The maximum atomic E-state index is 12.2. The number of carbonyl (C=O) groups excluding carboxylic acids is 2. The standard InChI is InChI=1S/C20H35NO4/c1-4-7-9-11-12-14-17-24-19(22)18(15-13-10-8-5-2)21-20(23)25-16-6-3/h3,18H,4-5,7-17H2,1-2H3,(H,21,23). The Morgan fingerprint density at radius 3 is 2.16 bits per heavy atom. The number of esters is 1. The molecule has 1 unspecified atom stereocenters. The number of ether oxygens (including phenoxy) is 2. The molecule has 1 atom stereocenters. The molecule has 144 valence electrons. The number of terminal acetylenes is 1. The molecule has 0 saturated carbocycles. The third kappa shape index (κ3) is 14.4. The summed E-state index contributed by atoms with van der Waals surface area (Å²) in [5.74, 6) is 1.84. The van der Waals surface area contributed by atoms with Crippen LogP contribution in [0.5, 0.6) is 0 Å². The molecule has 0 saturated heterocycles. The first kappa shape index (κ1) is 23.3. The monoisotopic (exact) mass is 353 g/mol. The Morgan fingerprint density at radius 2 is 1.52 bits per heavy atom. The number of carbonyl (C=O) groups is 2. The van der Waals surface area contributed by atoms with Crippen LogP contribution >= 0.6 is 0 Å². The number of unbranched alkanes of at least 4 members (excludes halogenated alkanes) is 8. The Kier molecular flexibility index (Phi) is 16.0. The van der Waals surface area contributed by atoms with Crippen molar-refractivity contribution in [2.45, 2.75) is 90.5 Å². The predicted octanol–water partition coefficient (Wildman–Crippen LogP) is 4.59. The van der Waals surface area contributed by atoms with Gasteiger partial charge in [-0.1, -0.05) is 77.6 Å². The van der Waals surface area contributed by atoms with Crippen LogP contribution in [0.4, 0.5) is 4.79 Å². The van der Waals surface area contributed by atoms with Crippen LogP contribution in [0.2, 0.25) is 0 Å². The quantitative estimate of drug-likeness (QED) is 0.266. The van der Waals surface area contributed by atoms with Gasteiger partial charge in [-0.15, -0.1) is 6.42 Å². The van der Waals surface area contributed by atoms with Gasteiger partial charge >= 0.3 is 12.1 Å². The van der Waals surface area contributed by atoms with E-state index in [1.54, 1.807) is 0 Å². The first-order valence-electron chi connectivity index (χ1n) is 9.69. The highest BCUT2D eigenvalue weighted by Gasteiger charge is 2.22. The molecule has 0 aromatic heterocycles.